The summed E-state index contributed by atoms with van der Waals surface area (Å²) in [4.78, 5) is 24.6. The zero-order valence-electron chi connectivity index (χ0n) is 17.2. The number of nitrogens with one attached hydrogen (secondary N) is 1. The fraction of sp³-hybridized carbons (Fsp3) is 0.364. The van der Waals surface area contributed by atoms with Gasteiger partial charge in [0, 0.05) is 5.92 Å². The fourth-order valence-electron chi connectivity index (χ4n) is 3.63. The van der Waals surface area contributed by atoms with E-state index in [4.69, 9.17) is 4.74 Å². The van der Waals surface area contributed by atoms with Crippen LogP contribution >= 0.6 is 0 Å². The lowest BCUT2D eigenvalue weighted by atomic mass is 10.1. The van der Waals surface area contributed by atoms with Gasteiger partial charge in [0.05, 0.1) is 4.90 Å². The van der Waals surface area contributed by atoms with Gasteiger partial charge in [-0.05, 0) is 57.5 Å². The van der Waals surface area contributed by atoms with Crippen molar-refractivity contribution in [1.82, 2.24) is 5.32 Å². The van der Waals surface area contributed by atoms with Crippen molar-refractivity contribution in [3.8, 4) is 0 Å². The van der Waals surface area contributed by atoms with Gasteiger partial charge in [0.1, 0.15) is 28.5 Å². The zero-order chi connectivity index (χ0) is 22.3. The van der Waals surface area contributed by atoms with Crippen LogP contribution in [0, 0.1) is 12.7 Å². The molecule has 0 spiro atoms. The van der Waals surface area contributed by atoms with Crippen molar-refractivity contribution in [2.24, 2.45) is 0 Å². The summed E-state index contributed by atoms with van der Waals surface area (Å²) in [6.07, 6.45) is -0.513. The van der Waals surface area contributed by atoms with Gasteiger partial charge in [0.15, 0.2) is 9.84 Å². The van der Waals surface area contributed by atoms with Gasteiger partial charge < -0.3 is 14.8 Å². The molecule has 30 heavy (non-hydrogen) atoms. The average molecular weight is 434 g/mol. The van der Waals surface area contributed by atoms with Crippen LogP contribution in [0.2, 0.25) is 0 Å². The molecule has 0 saturated heterocycles. The normalized spacial score (nSPS) is 23.5. The Morgan fingerprint density at radius 2 is 1.80 bits per heavy atom. The standard InChI is InChI=1S/C22H24FNO5S/c1-14-8-10-17(11-9-14)30(27,28)19-18(15-6-5-7-16(23)12-15)22(19,13-25)24-20(26)29-21(2,3)4/h5-13,18-19H,1-4H3,(H,24,26)/t18-,19+,22-/m0/s1. The maximum absolute atomic E-state index is 13.8. The summed E-state index contributed by atoms with van der Waals surface area (Å²) in [5, 5.41) is 1.16. The summed E-state index contributed by atoms with van der Waals surface area (Å²) in [6.45, 7) is 6.77. The van der Waals surface area contributed by atoms with Crippen LogP contribution < -0.4 is 5.32 Å². The molecule has 1 amide bonds. The molecule has 0 aliphatic heterocycles. The van der Waals surface area contributed by atoms with E-state index >= 15 is 0 Å². The van der Waals surface area contributed by atoms with Crippen molar-refractivity contribution < 1.29 is 27.1 Å². The molecule has 1 fully saturated rings. The number of carbonyl (C=O) groups excluding carboxylic acids is 2. The summed E-state index contributed by atoms with van der Waals surface area (Å²) in [7, 11) is -4.03. The highest BCUT2D eigenvalue weighted by molar-refractivity contribution is 7.92. The van der Waals surface area contributed by atoms with Crippen molar-refractivity contribution in [2.45, 2.75) is 54.9 Å². The number of ether oxygens (including phenoxy) is 1. The van der Waals surface area contributed by atoms with Gasteiger partial charge >= 0.3 is 6.09 Å². The van der Waals surface area contributed by atoms with Gasteiger partial charge in [-0.3, -0.25) is 0 Å². The molecule has 0 unspecified atom stereocenters. The number of halogens is 1. The molecular weight excluding hydrogens is 409 g/mol. The molecule has 3 atom stereocenters. The molecule has 1 aliphatic rings. The van der Waals surface area contributed by atoms with Crippen LogP contribution in [0.15, 0.2) is 53.4 Å². The van der Waals surface area contributed by atoms with Gasteiger partial charge in [-0.25, -0.2) is 17.6 Å². The number of benzene rings is 2. The Bertz CT molecular complexity index is 1080. The van der Waals surface area contributed by atoms with Crippen molar-refractivity contribution >= 4 is 22.2 Å². The van der Waals surface area contributed by atoms with Crippen LogP contribution in [0.4, 0.5) is 9.18 Å². The Morgan fingerprint density at radius 3 is 2.33 bits per heavy atom. The van der Waals surface area contributed by atoms with Crippen LogP contribution in [-0.4, -0.2) is 37.2 Å². The molecule has 3 rings (SSSR count). The first kappa shape index (κ1) is 22.0. The Kier molecular flexibility index (Phi) is 5.49. The molecule has 0 aromatic heterocycles. The molecule has 160 valence electrons. The molecule has 1 saturated carbocycles. The lowest BCUT2D eigenvalue weighted by Gasteiger charge is -2.22. The number of carbonyl (C=O) groups is 2. The van der Waals surface area contributed by atoms with Crippen LogP contribution in [0.25, 0.3) is 0 Å². The number of aryl methyl sites for hydroxylation is 1. The quantitative estimate of drug-likeness (QED) is 0.729. The third-order valence-corrected chi connectivity index (χ3v) is 7.24. The number of amides is 1. The Balaban J connectivity index is 2.06. The molecular formula is C22H24FNO5S. The number of alkyl carbamates (subject to hydrolysis) is 1. The molecule has 0 radical (unpaired) electrons. The highest BCUT2D eigenvalue weighted by atomic mass is 32.2. The topological polar surface area (TPSA) is 89.5 Å². The Hall–Kier alpha value is -2.74. The molecule has 6 nitrogen and oxygen atoms in total. The van der Waals surface area contributed by atoms with E-state index in [0.29, 0.717) is 11.8 Å². The maximum Gasteiger partial charge on any atom is 0.408 e. The highest BCUT2D eigenvalue weighted by Crippen LogP contribution is 2.56. The van der Waals surface area contributed by atoms with Gasteiger partial charge in [0.2, 0.25) is 0 Å². The summed E-state index contributed by atoms with van der Waals surface area (Å²) in [5.74, 6) is -1.52. The third kappa shape index (κ3) is 4.09. The summed E-state index contributed by atoms with van der Waals surface area (Å²) in [5.41, 5.74) is -1.43. The summed E-state index contributed by atoms with van der Waals surface area (Å²) in [6, 6.07) is 11.6. The molecule has 8 heteroatoms. The van der Waals surface area contributed by atoms with Crippen molar-refractivity contribution in [3.05, 3.63) is 65.5 Å². The van der Waals surface area contributed by atoms with Gasteiger partial charge in [-0.2, -0.15) is 0 Å². The number of hydrogen-bond donors (Lipinski definition) is 1. The predicted octanol–water partition coefficient (Wildman–Crippen LogP) is 3.54. The van der Waals surface area contributed by atoms with Crippen LogP contribution in [0.1, 0.15) is 37.8 Å². The zero-order valence-corrected chi connectivity index (χ0v) is 18.0. The van der Waals surface area contributed by atoms with E-state index in [1.165, 1.54) is 36.4 Å². The lowest BCUT2D eigenvalue weighted by Crippen LogP contribution is -2.45. The Morgan fingerprint density at radius 1 is 1.17 bits per heavy atom. The predicted molar refractivity (Wildman–Crippen MR) is 109 cm³/mol. The SMILES string of the molecule is Cc1ccc(S(=O)(=O)[C@@H]2[C@H](c3cccc(F)c3)[C@]2(C=O)NC(=O)OC(C)(C)C)cc1. The van der Waals surface area contributed by atoms with E-state index < -0.39 is 44.1 Å². The highest BCUT2D eigenvalue weighted by Gasteiger charge is 2.73. The first-order valence-electron chi connectivity index (χ1n) is 9.44. The molecule has 0 heterocycles. The lowest BCUT2D eigenvalue weighted by molar-refractivity contribution is -0.110. The van der Waals surface area contributed by atoms with E-state index in [1.54, 1.807) is 32.9 Å². The van der Waals surface area contributed by atoms with Gasteiger partial charge in [-0.1, -0.05) is 29.8 Å². The molecule has 2 aromatic rings. The monoisotopic (exact) mass is 433 g/mol. The van der Waals surface area contributed by atoms with E-state index in [0.717, 1.165) is 5.56 Å². The second-order valence-corrected chi connectivity index (χ2v) is 10.6. The number of rotatable bonds is 5. The minimum atomic E-state index is -4.03. The number of sulfone groups is 1. The minimum absolute atomic E-state index is 0.0224. The number of hydrogen-bond acceptors (Lipinski definition) is 5. The van der Waals surface area contributed by atoms with Gasteiger partial charge in [0.25, 0.3) is 0 Å². The van der Waals surface area contributed by atoms with E-state index in [1.807, 2.05) is 6.92 Å². The Labute approximate surface area is 175 Å². The van der Waals surface area contributed by atoms with E-state index in [9.17, 15) is 22.4 Å². The van der Waals surface area contributed by atoms with E-state index in [-0.39, 0.29) is 4.90 Å². The van der Waals surface area contributed by atoms with Crippen molar-refractivity contribution in [2.75, 3.05) is 0 Å². The fourth-order valence-corrected chi connectivity index (χ4v) is 5.88. The van der Waals surface area contributed by atoms with Crippen molar-refractivity contribution in [3.63, 3.8) is 0 Å². The maximum atomic E-state index is 13.8. The third-order valence-electron chi connectivity index (χ3n) is 4.98. The second-order valence-electron chi connectivity index (χ2n) is 8.49. The second kappa shape index (κ2) is 7.50. The molecule has 1 N–H and O–H groups in total. The largest absolute Gasteiger partial charge is 0.444 e. The minimum Gasteiger partial charge on any atom is -0.444 e. The van der Waals surface area contributed by atoms with Crippen molar-refractivity contribution in [1.29, 1.82) is 0 Å². The smallest absolute Gasteiger partial charge is 0.408 e. The molecule has 2 aromatic carbocycles. The van der Waals surface area contributed by atoms with Crippen LogP contribution in [-0.2, 0) is 19.4 Å². The first-order valence-corrected chi connectivity index (χ1v) is 11.0. The number of aldehydes is 1. The summed E-state index contributed by atoms with van der Waals surface area (Å²) >= 11 is 0. The first-order chi connectivity index (χ1) is 13.9. The summed E-state index contributed by atoms with van der Waals surface area (Å²) < 4.78 is 45.8. The van der Waals surface area contributed by atoms with Gasteiger partial charge in [-0.15, -0.1) is 0 Å². The van der Waals surface area contributed by atoms with E-state index in [2.05, 4.69) is 5.32 Å². The molecule has 0 bridgehead atoms. The van der Waals surface area contributed by atoms with Crippen LogP contribution in [0.5, 0.6) is 0 Å². The van der Waals surface area contributed by atoms with Crippen LogP contribution in [0.3, 0.4) is 0 Å². The molecule has 1 aliphatic carbocycles. The average Bonchev–Trinajstić information content (AvgIpc) is 3.30.